The number of benzene rings is 1. The van der Waals surface area contributed by atoms with Crippen molar-refractivity contribution in [2.45, 2.75) is 32.9 Å². The first kappa shape index (κ1) is 21.2. The second-order valence-corrected chi connectivity index (χ2v) is 8.35. The number of hydrogen-bond acceptors (Lipinski definition) is 5. The van der Waals surface area contributed by atoms with E-state index in [1.165, 1.54) is 6.20 Å². The molecular weight excluding hydrogens is 413 g/mol. The largest absolute Gasteiger partial charge is 0.359 e. The van der Waals surface area contributed by atoms with Gasteiger partial charge in [0.25, 0.3) is 0 Å². The summed E-state index contributed by atoms with van der Waals surface area (Å²) < 4.78 is 19.7. The topological polar surface area (TPSA) is 102 Å². The summed E-state index contributed by atoms with van der Waals surface area (Å²) in [6.07, 6.45) is 3.09. The number of carbonyl (C=O) groups is 2. The van der Waals surface area contributed by atoms with Crippen LogP contribution in [0.2, 0.25) is 0 Å². The van der Waals surface area contributed by atoms with Crippen LogP contribution in [0, 0.1) is 0 Å². The molecule has 0 aliphatic heterocycles. The monoisotopic (exact) mass is 435 g/mol. The predicted molar refractivity (Wildman–Crippen MR) is 118 cm³/mol. The minimum Gasteiger partial charge on any atom is -0.359 e. The van der Waals surface area contributed by atoms with Gasteiger partial charge in [-0.15, -0.1) is 0 Å². The number of nitrogens with one attached hydrogen (secondary N) is 2. The number of hydrogen-bond donors (Lipinski definition) is 2. The van der Waals surface area contributed by atoms with Crippen LogP contribution in [0.5, 0.6) is 0 Å². The van der Waals surface area contributed by atoms with Crippen molar-refractivity contribution in [1.82, 2.24) is 14.5 Å². The summed E-state index contributed by atoms with van der Waals surface area (Å²) in [5, 5.41) is 9.14. The highest BCUT2D eigenvalue weighted by molar-refractivity contribution is 6.08. The highest BCUT2D eigenvalue weighted by atomic mass is 19.1. The minimum atomic E-state index is -0.594. The molecule has 1 aromatic carbocycles. The van der Waals surface area contributed by atoms with E-state index in [0.29, 0.717) is 39.7 Å². The lowest BCUT2D eigenvalue weighted by atomic mass is 9.93. The lowest BCUT2D eigenvalue weighted by Gasteiger charge is -2.12. The van der Waals surface area contributed by atoms with Gasteiger partial charge in [-0.1, -0.05) is 25.9 Å². The lowest BCUT2D eigenvalue weighted by molar-refractivity contribution is 0.103. The lowest BCUT2D eigenvalue weighted by Crippen LogP contribution is -2.19. The number of alkyl halides is 1. The first-order valence-electron chi connectivity index (χ1n) is 9.96. The molecule has 0 bridgehead atoms. The SMILES string of the molecule is CC(C)(C)c1cc(NC(=O)Nc2ccc(C(=O)c3cnc4cc(CF)ccn34)cc2)no1. The third-order valence-electron chi connectivity index (χ3n) is 4.86. The Bertz CT molecular complexity index is 1290. The Balaban J connectivity index is 1.43. The van der Waals surface area contributed by atoms with Gasteiger partial charge in [-0.2, -0.15) is 0 Å². The van der Waals surface area contributed by atoms with Crippen LogP contribution in [0.25, 0.3) is 5.65 Å². The van der Waals surface area contributed by atoms with Crippen molar-refractivity contribution >= 4 is 29.0 Å². The number of ketones is 1. The molecule has 0 saturated carbocycles. The van der Waals surface area contributed by atoms with Crippen LogP contribution in [0.15, 0.2) is 59.4 Å². The van der Waals surface area contributed by atoms with Crippen molar-refractivity contribution in [3.63, 3.8) is 0 Å². The van der Waals surface area contributed by atoms with E-state index < -0.39 is 12.7 Å². The van der Waals surface area contributed by atoms with Crippen molar-refractivity contribution < 1.29 is 18.5 Å². The van der Waals surface area contributed by atoms with Crippen LogP contribution in [-0.2, 0) is 12.1 Å². The highest BCUT2D eigenvalue weighted by Gasteiger charge is 2.20. The van der Waals surface area contributed by atoms with Gasteiger partial charge in [-0.25, -0.2) is 14.2 Å². The number of carbonyl (C=O) groups excluding carboxylic acids is 2. The van der Waals surface area contributed by atoms with E-state index in [4.69, 9.17) is 4.52 Å². The molecule has 9 heteroatoms. The van der Waals surface area contributed by atoms with Gasteiger partial charge >= 0.3 is 6.03 Å². The van der Waals surface area contributed by atoms with Crippen molar-refractivity contribution in [3.8, 4) is 0 Å². The predicted octanol–water partition coefficient (Wildman–Crippen LogP) is 4.96. The number of imidazole rings is 1. The fraction of sp³-hybridized carbons (Fsp3) is 0.217. The number of nitrogens with zero attached hydrogens (tertiary/aromatic N) is 3. The Labute approximate surface area is 183 Å². The zero-order valence-electron chi connectivity index (χ0n) is 17.8. The Morgan fingerprint density at radius 2 is 1.84 bits per heavy atom. The van der Waals surface area contributed by atoms with Gasteiger partial charge in [-0.3, -0.25) is 14.5 Å². The van der Waals surface area contributed by atoms with Gasteiger partial charge in [0.05, 0.1) is 6.20 Å². The molecule has 0 aliphatic carbocycles. The summed E-state index contributed by atoms with van der Waals surface area (Å²) in [6, 6.07) is 10.9. The number of anilines is 2. The van der Waals surface area contributed by atoms with Crippen molar-refractivity contribution in [2.24, 2.45) is 0 Å². The average molecular weight is 435 g/mol. The molecule has 3 heterocycles. The van der Waals surface area contributed by atoms with Gasteiger partial charge in [0.1, 0.15) is 23.8 Å². The van der Waals surface area contributed by atoms with E-state index in [1.54, 1.807) is 53.1 Å². The average Bonchev–Trinajstić information content (AvgIpc) is 3.40. The van der Waals surface area contributed by atoms with Gasteiger partial charge < -0.3 is 9.84 Å². The van der Waals surface area contributed by atoms with Gasteiger partial charge in [0.15, 0.2) is 5.82 Å². The van der Waals surface area contributed by atoms with Crippen LogP contribution in [0.1, 0.15) is 48.1 Å². The first-order valence-corrected chi connectivity index (χ1v) is 9.96. The van der Waals surface area contributed by atoms with E-state index in [2.05, 4.69) is 20.8 Å². The van der Waals surface area contributed by atoms with Crippen LogP contribution in [0.3, 0.4) is 0 Å². The number of halogens is 1. The molecule has 4 aromatic rings. The molecule has 2 N–H and O–H groups in total. The Kier molecular flexibility index (Phi) is 5.48. The molecule has 164 valence electrons. The second kappa shape index (κ2) is 8.26. The van der Waals surface area contributed by atoms with Gasteiger partial charge in [-0.05, 0) is 42.0 Å². The summed E-state index contributed by atoms with van der Waals surface area (Å²) in [6.45, 7) is 5.35. The molecular formula is C23H22FN5O3. The summed E-state index contributed by atoms with van der Waals surface area (Å²) in [5.41, 5.74) is 2.08. The molecule has 0 saturated heterocycles. The molecule has 4 rings (SSSR count). The van der Waals surface area contributed by atoms with Gasteiger partial charge in [0.2, 0.25) is 5.78 Å². The number of fused-ring (bicyclic) bond motifs is 1. The van der Waals surface area contributed by atoms with E-state index in [0.717, 1.165) is 0 Å². The molecule has 0 aliphatic rings. The maximum atomic E-state index is 12.9. The molecule has 0 spiro atoms. The smallest absolute Gasteiger partial charge is 0.324 e. The summed E-state index contributed by atoms with van der Waals surface area (Å²) in [5.74, 6) is 0.727. The standard InChI is InChI=1S/C23H22FN5O3/c1-23(2,3)18-11-19(28-32-18)27-22(31)26-16-6-4-15(5-7-16)21(30)17-13-25-20-10-14(12-24)8-9-29(17)20/h4-11,13H,12H2,1-3H3,(H2,26,27,28,31). The molecule has 2 amide bonds. The summed E-state index contributed by atoms with van der Waals surface area (Å²) in [7, 11) is 0. The molecule has 8 nitrogen and oxygen atoms in total. The minimum absolute atomic E-state index is 0.220. The fourth-order valence-corrected chi connectivity index (χ4v) is 3.09. The maximum absolute atomic E-state index is 12.9. The van der Waals surface area contributed by atoms with Crippen molar-refractivity contribution in [3.05, 3.63) is 77.4 Å². The number of pyridine rings is 1. The Morgan fingerprint density at radius 1 is 1.09 bits per heavy atom. The molecule has 0 atom stereocenters. The first-order chi connectivity index (χ1) is 15.2. The Hall–Kier alpha value is -4.01. The summed E-state index contributed by atoms with van der Waals surface area (Å²) in [4.78, 5) is 29.3. The summed E-state index contributed by atoms with van der Waals surface area (Å²) >= 11 is 0. The van der Waals surface area contributed by atoms with Crippen LogP contribution in [-0.4, -0.2) is 26.4 Å². The quantitative estimate of drug-likeness (QED) is 0.431. The highest BCUT2D eigenvalue weighted by Crippen LogP contribution is 2.24. The molecule has 0 unspecified atom stereocenters. The van der Waals surface area contributed by atoms with Gasteiger partial charge in [0, 0.05) is 28.9 Å². The molecule has 0 fully saturated rings. The molecule has 0 radical (unpaired) electrons. The van der Waals surface area contributed by atoms with E-state index in [-0.39, 0.29) is 11.2 Å². The van der Waals surface area contributed by atoms with Crippen LogP contribution in [0.4, 0.5) is 20.7 Å². The van der Waals surface area contributed by atoms with Crippen molar-refractivity contribution in [2.75, 3.05) is 10.6 Å². The molecule has 3 aromatic heterocycles. The van der Waals surface area contributed by atoms with E-state index in [9.17, 15) is 14.0 Å². The number of aromatic nitrogens is 3. The third-order valence-corrected chi connectivity index (χ3v) is 4.86. The third kappa shape index (κ3) is 4.36. The van der Waals surface area contributed by atoms with E-state index in [1.807, 2.05) is 20.8 Å². The molecule has 32 heavy (non-hydrogen) atoms. The number of amides is 2. The second-order valence-electron chi connectivity index (χ2n) is 8.35. The zero-order chi connectivity index (χ0) is 22.9. The normalized spacial score (nSPS) is 11.5. The Morgan fingerprint density at radius 3 is 2.50 bits per heavy atom. The van der Waals surface area contributed by atoms with Crippen LogP contribution < -0.4 is 10.6 Å². The zero-order valence-corrected chi connectivity index (χ0v) is 17.8. The van der Waals surface area contributed by atoms with Crippen LogP contribution >= 0.6 is 0 Å². The maximum Gasteiger partial charge on any atom is 0.324 e. The number of urea groups is 1. The van der Waals surface area contributed by atoms with Crippen molar-refractivity contribution in [1.29, 1.82) is 0 Å². The number of rotatable bonds is 5. The fourth-order valence-electron chi connectivity index (χ4n) is 3.09. The van der Waals surface area contributed by atoms with E-state index >= 15 is 0 Å².